The number of Topliss-reactive ketones (excluding diaryl/α,β-unsaturated/α-hetero) is 1. The fourth-order valence-electron chi connectivity index (χ4n) is 1.71. The lowest BCUT2D eigenvalue weighted by atomic mass is 9.92. The molecule has 17 heavy (non-hydrogen) atoms. The van der Waals surface area contributed by atoms with E-state index in [1.807, 2.05) is 25.1 Å². The Morgan fingerprint density at radius 3 is 2.41 bits per heavy atom. The minimum absolute atomic E-state index is 0.0649. The van der Waals surface area contributed by atoms with E-state index in [0.717, 1.165) is 12.8 Å². The molecule has 0 saturated heterocycles. The number of hydrogen-bond acceptors (Lipinski definition) is 3. The summed E-state index contributed by atoms with van der Waals surface area (Å²) in [7, 11) is 1.31. The monoisotopic (exact) mass is 234 g/mol. The van der Waals surface area contributed by atoms with Crippen LogP contribution in [0.25, 0.3) is 0 Å². The molecule has 3 nitrogen and oxygen atoms in total. The number of esters is 1. The molecule has 0 fully saturated rings. The van der Waals surface area contributed by atoms with Gasteiger partial charge in [0.15, 0.2) is 5.78 Å². The summed E-state index contributed by atoms with van der Waals surface area (Å²) in [6.07, 6.45) is 2.17. The molecule has 0 spiro atoms. The Balaban J connectivity index is 2.89. The molecule has 0 bridgehead atoms. The van der Waals surface area contributed by atoms with Gasteiger partial charge in [0, 0.05) is 6.42 Å². The van der Waals surface area contributed by atoms with E-state index in [2.05, 4.69) is 0 Å². The van der Waals surface area contributed by atoms with E-state index in [-0.39, 0.29) is 5.78 Å². The lowest BCUT2D eigenvalue weighted by Crippen LogP contribution is -2.23. The predicted molar refractivity (Wildman–Crippen MR) is 65.7 cm³/mol. The van der Waals surface area contributed by atoms with Gasteiger partial charge in [-0.05, 0) is 12.0 Å². The largest absolute Gasteiger partial charge is 0.468 e. The zero-order valence-electron chi connectivity index (χ0n) is 10.3. The van der Waals surface area contributed by atoms with Crippen LogP contribution in [0, 0.1) is 0 Å². The first-order chi connectivity index (χ1) is 8.20. The molecule has 92 valence electrons. The number of carbonyl (C=O) groups is 2. The molecule has 1 atom stereocenters. The molecule has 0 saturated carbocycles. The van der Waals surface area contributed by atoms with E-state index >= 15 is 0 Å². The Morgan fingerprint density at radius 1 is 1.24 bits per heavy atom. The van der Waals surface area contributed by atoms with Crippen LogP contribution < -0.4 is 0 Å². The van der Waals surface area contributed by atoms with Gasteiger partial charge in [0.2, 0.25) is 0 Å². The second-order valence-corrected chi connectivity index (χ2v) is 3.94. The number of carbonyl (C=O) groups excluding carboxylic acids is 2. The standard InChI is InChI=1S/C14H18O3/c1-3-4-10-12(15)13(14(16)17-2)11-8-6-5-7-9-11/h5-9,13H,3-4,10H2,1-2H3/t13-/m1/s1. The first kappa shape index (κ1) is 13.4. The van der Waals surface area contributed by atoms with E-state index in [9.17, 15) is 9.59 Å². The first-order valence-corrected chi connectivity index (χ1v) is 5.86. The van der Waals surface area contributed by atoms with Crippen molar-refractivity contribution in [3.8, 4) is 0 Å². The Labute approximate surface area is 102 Å². The average molecular weight is 234 g/mol. The van der Waals surface area contributed by atoms with Gasteiger partial charge in [-0.15, -0.1) is 0 Å². The van der Waals surface area contributed by atoms with Gasteiger partial charge in [-0.3, -0.25) is 9.59 Å². The summed E-state index contributed by atoms with van der Waals surface area (Å²) in [6, 6.07) is 9.06. The van der Waals surface area contributed by atoms with Crippen molar-refractivity contribution < 1.29 is 14.3 Å². The molecule has 1 aromatic rings. The number of unbranched alkanes of at least 4 members (excludes halogenated alkanes) is 1. The van der Waals surface area contributed by atoms with Crippen molar-refractivity contribution in [1.82, 2.24) is 0 Å². The Hall–Kier alpha value is -1.64. The van der Waals surface area contributed by atoms with Crippen LogP contribution in [-0.4, -0.2) is 18.9 Å². The van der Waals surface area contributed by atoms with Crippen LogP contribution in [0.3, 0.4) is 0 Å². The Kier molecular flexibility index (Phi) is 5.40. The van der Waals surface area contributed by atoms with E-state index in [1.54, 1.807) is 12.1 Å². The van der Waals surface area contributed by atoms with E-state index in [1.165, 1.54) is 7.11 Å². The molecule has 3 heteroatoms. The van der Waals surface area contributed by atoms with Gasteiger partial charge in [-0.2, -0.15) is 0 Å². The van der Waals surface area contributed by atoms with Crippen molar-refractivity contribution in [3.63, 3.8) is 0 Å². The van der Waals surface area contributed by atoms with Crippen molar-refractivity contribution >= 4 is 11.8 Å². The molecule has 0 amide bonds. The van der Waals surface area contributed by atoms with Crippen LogP contribution in [0.15, 0.2) is 30.3 Å². The molecule has 1 aromatic carbocycles. The van der Waals surface area contributed by atoms with Crippen LogP contribution in [0.2, 0.25) is 0 Å². The maximum atomic E-state index is 12.0. The fourth-order valence-corrected chi connectivity index (χ4v) is 1.71. The number of benzene rings is 1. The molecule has 0 aliphatic carbocycles. The van der Waals surface area contributed by atoms with Gasteiger partial charge in [-0.25, -0.2) is 0 Å². The van der Waals surface area contributed by atoms with Crippen LogP contribution in [0.4, 0.5) is 0 Å². The minimum atomic E-state index is -0.771. The quantitative estimate of drug-likeness (QED) is 0.561. The summed E-state index contributed by atoms with van der Waals surface area (Å²) < 4.78 is 4.71. The van der Waals surface area contributed by atoms with Gasteiger partial charge in [0.25, 0.3) is 0 Å². The third-order valence-electron chi connectivity index (χ3n) is 2.67. The summed E-state index contributed by atoms with van der Waals surface area (Å²) in [5.41, 5.74) is 0.709. The van der Waals surface area contributed by atoms with Crippen LogP contribution in [0.5, 0.6) is 0 Å². The number of hydrogen-bond donors (Lipinski definition) is 0. The molecular weight excluding hydrogens is 216 g/mol. The zero-order valence-corrected chi connectivity index (χ0v) is 10.3. The molecule has 0 radical (unpaired) electrons. The summed E-state index contributed by atoms with van der Waals surface area (Å²) in [4.78, 5) is 23.7. The topological polar surface area (TPSA) is 43.4 Å². The number of rotatable bonds is 6. The maximum Gasteiger partial charge on any atom is 0.320 e. The Bertz CT molecular complexity index is 370. The summed E-state index contributed by atoms with van der Waals surface area (Å²) in [5, 5.41) is 0. The van der Waals surface area contributed by atoms with Crippen molar-refractivity contribution in [2.45, 2.75) is 32.1 Å². The lowest BCUT2D eigenvalue weighted by molar-refractivity contribution is -0.145. The molecular formula is C14H18O3. The minimum Gasteiger partial charge on any atom is -0.468 e. The Morgan fingerprint density at radius 2 is 1.88 bits per heavy atom. The van der Waals surface area contributed by atoms with Crippen molar-refractivity contribution in [1.29, 1.82) is 0 Å². The van der Waals surface area contributed by atoms with Crippen LogP contribution in [0.1, 0.15) is 37.7 Å². The SMILES string of the molecule is CCCCC(=O)[C@H](C(=O)OC)c1ccccc1. The molecule has 0 N–H and O–H groups in total. The highest BCUT2D eigenvalue weighted by Crippen LogP contribution is 2.20. The summed E-state index contributed by atoms with van der Waals surface area (Å²) in [6.45, 7) is 2.02. The maximum absolute atomic E-state index is 12.0. The predicted octanol–water partition coefficient (Wildman–Crippen LogP) is 2.70. The molecule has 1 rings (SSSR count). The fraction of sp³-hybridized carbons (Fsp3) is 0.429. The van der Waals surface area contributed by atoms with Gasteiger partial charge in [-0.1, -0.05) is 43.7 Å². The van der Waals surface area contributed by atoms with Gasteiger partial charge >= 0.3 is 5.97 Å². The number of ketones is 1. The second-order valence-electron chi connectivity index (χ2n) is 3.94. The second kappa shape index (κ2) is 6.84. The van der Waals surface area contributed by atoms with Gasteiger partial charge in [0.1, 0.15) is 5.92 Å². The van der Waals surface area contributed by atoms with Crippen LogP contribution in [-0.2, 0) is 14.3 Å². The molecule has 0 heterocycles. The summed E-state index contributed by atoms with van der Waals surface area (Å²) in [5.74, 6) is -1.31. The molecule has 0 aliphatic rings. The highest BCUT2D eigenvalue weighted by Gasteiger charge is 2.28. The van der Waals surface area contributed by atoms with E-state index in [4.69, 9.17) is 4.74 Å². The smallest absolute Gasteiger partial charge is 0.320 e. The van der Waals surface area contributed by atoms with Gasteiger partial charge < -0.3 is 4.74 Å². The van der Waals surface area contributed by atoms with Crippen molar-refractivity contribution in [2.24, 2.45) is 0 Å². The van der Waals surface area contributed by atoms with Crippen molar-refractivity contribution in [3.05, 3.63) is 35.9 Å². The summed E-state index contributed by atoms with van der Waals surface area (Å²) >= 11 is 0. The third kappa shape index (κ3) is 3.70. The zero-order chi connectivity index (χ0) is 12.7. The average Bonchev–Trinajstić information content (AvgIpc) is 2.37. The van der Waals surface area contributed by atoms with Crippen molar-refractivity contribution in [2.75, 3.05) is 7.11 Å². The highest BCUT2D eigenvalue weighted by molar-refractivity contribution is 6.04. The highest BCUT2D eigenvalue weighted by atomic mass is 16.5. The third-order valence-corrected chi connectivity index (χ3v) is 2.67. The molecule has 0 unspecified atom stereocenters. The van der Waals surface area contributed by atoms with Gasteiger partial charge in [0.05, 0.1) is 7.11 Å². The molecule has 0 aromatic heterocycles. The number of methoxy groups -OCH3 is 1. The number of ether oxygens (including phenoxy) is 1. The molecule has 0 aliphatic heterocycles. The van der Waals surface area contributed by atoms with E-state index < -0.39 is 11.9 Å². The first-order valence-electron chi connectivity index (χ1n) is 5.86. The van der Waals surface area contributed by atoms with Crippen LogP contribution >= 0.6 is 0 Å². The van der Waals surface area contributed by atoms with E-state index in [0.29, 0.717) is 12.0 Å². The normalized spacial score (nSPS) is 11.9. The lowest BCUT2D eigenvalue weighted by Gasteiger charge is -2.13.